The van der Waals surface area contributed by atoms with Crippen LogP contribution in [0.3, 0.4) is 0 Å². The number of aromatic hydroxyl groups is 1. The van der Waals surface area contributed by atoms with Crippen molar-refractivity contribution < 1.29 is 23.8 Å². The van der Waals surface area contributed by atoms with Crippen molar-refractivity contribution in [1.82, 2.24) is 15.2 Å². The summed E-state index contributed by atoms with van der Waals surface area (Å²) in [5.41, 5.74) is 0.0480. The van der Waals surface area contributed by atoms with Gasteiger partial charge in [-0.1, -0.05) is 18.2 Å². The fourth-order valence-corrected chi connectivity index (χ4v) is 4.94. The number of para-hydroxylation sites is 1. The first kappa shape index (κ1) is 26.3. The lowest BCUT2D eigenvalue weighted by atomic mass is 9.72. The van der Waals surface area contributed by atoms with E-state index in [1.807, 2.05) is 30.5 Å². The van der Waals surface area contributed by atoms with Crippen LogP contribution in [0.25, 0.3) is 10.9 Å². The highest BCUT2D eigenvalue weighted by Gasteiger charge is 2.44. The number of rotatable bonds is 6. The Labute approximate surface area is 215 Å². The summed E-state index contributed by atoms with van der Waals surface area (Å²) in [5.74, 6) is -0.239. The van der Waals surface area contributed by atoms with Gasteiger partial charge in [0.15, 0.2) is 5.76 Å². The van der Waals surface area contributed by atoms with Gasteiger partial charge < -0.3 is 29.5 Å². The Morgan fingerprint density at radius 3 is 2.62 bits per heavy atom. The molecule has 2 aromatic heterocycles. The van der Waals surface area contributed by atoms with Gasteiger partial charge in [0.1, 0.15) is 11.4 Å². The van der Waals surface area contributed by atoms with Crippen LogP contribution in [0.1, 0.15) is 57.1 Å². The molecular formula is C28H35N3O6. The van der Waals surface area contributed by atoms with E-state index in [9.17, 15) is 19.5 Å². The normalized spacial score (nSPS) is 15.5. The van der Waals surface area contributed by atoms with Crippen LogP contribution in [0.4, 0.5) is 4.79 Å². The summed E-state index contributed by atoms with van der Waals surface area (Å²) in [6.45, 7) is 8.08. The van der Waals surface area contributed by atoms with Gasteiger partial charge in [0.25, 0.3) is 0 Å². The summed E-state index contributed by atoms with van der Waals surface area (Å²) < 4.78 is 11.3. The van der Waals surface area contributed by atoms with Crippen molar-refractivity contribution in [2.45, 2.75) is 64.4 Å². The number of H-pyrrole nitrogens is 1. The molecule has 1 aliphatic heterocycles. The van der Waals surface area contributed by atoms with Gasteiger partial charge in [-0.2, -0.15) is 0 Å². The molecule has 37 heavy (non-hydrogen) atoms. The lowest BCUT2D eigenvalue weighted by molar-refractivity contribution is -0.123. The SMILES string of the molecule is Cc1cc(=O)c(O)c(C2(CC(=O)NCCc3c[nH]c4ccccc34)CCN(C(=O)OC(C)(C)C)CC2)o1. The molecule has 3 N–H and O–H groups in total. The number of aromatic nitrogens is 1. The molecule has 3 aromatic rings. The first-order valence-electron chi connectivity index (χ1n) is 12.6. The van der Waals surface area contributed by atoms with Gasteiger partial charge in [0, 0.05) is 54.6 Å². The van der Waals surface area contributed by atoms with E-state index in [0.29, 0.717) is 44.7 Å². The number of nitrogens with one attached hydrogen (secondary N) is 2. The van der Waals surface area contributed by atoms with Gasteiger partial charge in [0.05, 0.1) is 0 Å². The summed E-state index contributed by atoms with van der Waals surface area (Å²) in [5, 5.41) is 14.7. The molecule has 198 valence electrons. The van der Waals surface area contributed by atoms with Crippen LogP contribution in [0.5, 0.6) is 5.75 Å². The molecule has 2 amide bonds. The third-order valence-electron chi connectivity index (χ3n) is 6.79. The lowest BCUT2D eigenvalue weighted by Crippen LogP contribution is -2.48. The Balaban J connectivity index is 1.49. The van der Waals surface area contributed by atoms with E-state index in [0.717, 1.165) is 16.5 Å². The second-order valence-electron chi connectivity index (χ2n) is 10.8. The molecule has 1 fully saturated rings. The fraction of sp³-hybridized carbons (Fsp3) is 0.464. The quantitative estimate of drug-likeness (QED) is 0.458. The zero-order valence-electron chi connectivity index (χ0n) is 21.8. The Bertz CT molecular complexity index is 1340. The first-order valence-corrected chi connectivity index (χ1v) is 12.6. The van der Waals surface area contributed by atoms with Crippen LogP contribution in [0.15, 0.2) is 45.7 Å². The molecule has 0 atom stereocenters. The van der Waals surface area contributed by atoms with Gasteiger partial charge in [-0.15, -0.1) is 0 Å². The maximum absolute atomic E-state index is 13.1. The second kappa shape index (κ2) is 10.3. The van der Waals surface area contributed by atoms with Crippen LogP contribution >= 0.6 is 0 Å². The predicted molar refractivity (Wildman–Crippen MR) is 140 cm³/mol. The average Bonchev–Trinajstić information content (AvgIpc) is 3.24. The number of amides is 2. The van der Waals surface area contributed by atoms with Crippen LogP contribution in [-0.4, -0.2) is 52.2 Å². The molecule has 0 unspecified atom stereocenters. The van der Waals surface area contributed by atoms with E-state index in [-0.39, 0.29) is 18.1 Å². The summed E-state index contributed by atoms with van der Waals surface area (Å²) in [6.07, 6.45) is 2.86. The minimum absolute atomic E-state index is 0.0169. The third-order valence-corrected chi connectivity index (χ3v) is 6.79. The van der Waals surface area contributed by atoms with Crippen molar-refractivity contribution >= 4 is 22.9 Å². The fourth-order valence-electron chi connectivity index (χ4n) is 4.94. The molecule has 0 saturated carbocycles. The molecule has 1 aliphatic rings. The highest BCUT2D eigenvalue weighted by Crippen LogP contribution is 2.42. The number of ether oxygens (including phenoxy) is 1. The van der Waals surface area contributed by atoms with Crippen LogP contribution in [0, 0.1) is 6.92 Å². The number of fused-ring (bicyclic) bond motifs is 1. The molecule has 0 spiro atoms. The molecule has 4 rings (SSSR count). The summed E-state index contributed by atoms with van der Waals surface area (Å²) in [6, 6.07) is 9.22. The van der Waals surface area contributed by atoms with E-state index in [4.69, 9.17) is 9.15 Å². The highest BCUT2D eigenvalue weighted by molar-refractivity contribution is 5.83. The van der Waals surface area contributed by atoms with Crippen LogP contribution in [0.2, 0.25) is 0 Å². The number of aromatic amines is 1. The van der Waals surface area contributed by atoms with E-state index in [2.05, 4.69) is 10.3 Å². The highest BCUT2D eigenvalue weighted by atomic mass is 16.6. The Kier molecular flexibility index (Phi) is 7.34. The third kappa shape index (κ3) is 5.98. The van der Waals surface area contributed by atoms with Gasteiger partial charge in [0.2, 0.25) is 17.1 Å². The monoisotopic (exact) mass is 509 g/mol. The number of carbonyl (C=O) groups excluding carboxylic acids is 2. The number of hydrogen-bond acceptors (Lipinski definition) is 6. The summed E-state index contributed by atoms with van der Waals surface area (Å²) in [4.78, 5) is 42.9. The van der Waals surface area contributed by atoms with Crippen molar-refractivity contribution in [1.29, 1.82) is 0 Å². The Hall–Kier alpha value is -3.75. The van der Waals surface area contributed by atoms with E-state index in [1.165, 1.54) is 6.07 Å². The van der Waals surface area contributed by atoms with Gasteiger partial charge in [-0.3, -0.25) is 9.59 Å². The molecule has 0 radical (unpaired) electrons. The molecule has 1 aromatic carbocycles. The number of hydrogen-bond donors (Lipinski definition) is 3. The van der Waals surface area contributed by atoms with Crippen molar-refractivity contribution in [3.8, 4) is 5.75 Å². The predicted octanol–water partition coefficient (Wildman–Crippen LogP) is 4.15. The molecular weight excluding hydrogens is 474 g/mol. The molecule has 0 bridgehead atoms. The van der Waals surface area contributed by atoms with Crippen LogP contribution in [-0.2, 0) is 21.4 Å². The number of carbonyl (C=O) groups is 2. The number of nitrogens with zero attached hydrogens (tertiary/aromatic N) is 1. The van der Waals surface area contributed by atoms with Gasteiger partial charge in [-0.25, -0.2) is 4.79 Å². The Morgan fingerprint density at radius 2 is 1.92 bits per heavy atom. The molecule has 3 heterocycles. The molecule has 9 nitrogen and oxygen atoms in total. The van der Waals surface area contributed by atoms with Crippen molar-refractivity contribution in [2.24, 2.45) is 0 Å². The van der Waals surface area contributed by atoms with Gasteiger partial charge in [-0.05, 0) is 58.6 Å². The van der Waals surface area contributed by atoms with Crippen molar-refractivity contribution in [2.75, 3.05) is 19.6 Å². The number of piperidine rings is 1. The molecule has 1 saturated heterocycles. The number of likely N-dealkylation sites (tertiary alicyclic amines) is 1. The maximum Gasteiger partial charge on any atom is 0.410 e. The second-order valence-corrected chi connectivity index (χ2v) is 10.8. The summed E-state index contributed by atoms with van der Waals surface area (Å²) in [7, 11) is 0. The van der Waals surface area contributed by atoms with Gasteiger partial charge >= 0.3 is 6.09 Å². The minimum atomic E-state index is -0.932. The topological polar surface area (TPSA) is 125 Å². The number of benzene rings is 1. The van der Waals surface area contributed by atoms with Crippen molar-refractivity contribution in [3.05, 3.63) is 63.8 Å². The average molecular weight is 510 g/mol. The lowest BCUT2D eigenvalue weighted by Gasteiger charge is -2.41. The van der Waals surface area contributed by atoms with E-state index in [1.54, 1.807) is 32.6 Å². The standard InChI is InChI=1S/C28H35N3O6/c1-18-15-22(32)24(34)25(36-18)28(10-13-31(14-11-28)26(35)37-27(2,3)4)16-23(33)29-12-9-19-17-30-21-8-6-5-7-20(19)21/h5-8,15,17,30,34H,9-14,16H2,1-4H3,(H,29,33). The van der Waals surface area contributed by atoms with Crippen LogP contribution < -0.4 is 10.7 Å². The summed E-state index contributed by atoms with van der Waals surface area (Å²) >= 11 is 0. The Morgan fingerprint density at radius 1 is 1.22 bits per heavy atom. The molecule has 9 heteroatoms. The van der Waals surface area contributed by atoms with E-state index < -0.39 is 28.3 Å². The number of aryl methyl sites for hydroxylation is 1. The van der Waals surface area contributed by atoms with Crippen molar-refractivity contribution in [3.63, 3.8) is 0 Å². The first-order chi connectivity index (χ1) is 17.5. The minimum Gasteiger partial charge on any atom is -0.502 e. The maximum atomic E-state index is 13.1. The molecule has 0 aliphatic carbocycles. The zero-order valence-corrected chi connectivity index (χ0v) is 21.8. The smallest absolute Gasteiger partial charge is 0.410 e. The zero-order chi connectivity index (χ0) is 26.8. The largest absolute Gasteiger partial charge is 0.502 e. The van der Waals surface area contributed by atoms with E-state index >= 15 is 0 Å².